The predicted molar refractivity (Wildman–Crippen MR) is 169 cm³/mol. The van der Waals surface area contributed by atoms with Gasteiger partial charge in [-0.2, -0.15) is 4.98 Å². The van der Waals surface area contributed by atoms with Gasteiger partial charge >= 0.3 is 6.36 Å². The average molecular weight is 617 g/mol. The minimum Gasteiger partial charge on any atom is -0.481 e. The summed E-state index contributed by atoms with van der Waals surface area (Å²) in [6, 6.07) is 30.9. The van der Waals surface area contributed by atoms with Crippen LogP contribution >= 0.6 is 0 Å². The van der Waals surface area contributed by atoms with E-state index in [9.17, 15) is 18.3 Å². The Morgan fingerprint density at radius 2 is 1.44 bits per heavy atom. The molecule has 2 atom stereocenters. The monoisotopic (exact) mass is 616 g/mol. The standard InChI is InChI=1S/C36H35F3N2O4/c1-41(2)22-21-35(42,31-16-10-14-24-11-8-9-15-28(24)31)32(26-12-6-5-7-13-26)30-23-29(33(43-3)40-34(30)44-4)25-17-19-27(20-18-25)45-36(37,38)39/h5-20,23,32,42H,21-22H2,1-4H3. The fourth-order valence-corrected chi connectivity index (χ4v) is 5.85. The molecule has 0 aliphatic carbocycles. The number of pyridine rings is 1. The van der Waals surface area contributed by atoms with E-state index in [1.165, 1.54) is 38.5 Å². The van der Waals surface area contributed by atoms with Crippen molar-refractivity contribution in [3.8, 4) is 28.6 Å². The van der Waals surface area contributed by atoms with E-state index in [-0.39, 0.29) is 17.5 Å². The van der Waals surface area contributed by atoms with E-state index in [2.05, 4.69) is 4.74 Å². The summed E-state index contributed by atoms with van der Waals surface area (Å²) in [6.45, 7) is 0.572. The number of halogens is 3. The van der Waals surface area contributed by atoms with Crippen molar-refractivity contribution in [2.45, 2.75) is 24.3 Å². The van der Waals surface area contributed by atoms with E-state index < -0.39 is 17.9 Å². The van der Waals surface area contributed by atoms with Crippen LogP contribution in [-0.2, 0) is 5.60 Å². The van der Waals surface area contributed by atoms with Crippen molar-refractivity contribution in [2.75, 3.05) is 34.9 Å². The number of hydrogen-bond acceptors (Lipinski definition) is 6. The van der Waals surface area contributed by atoms with E-state index in [0.29, 0.717) is 29.7 Å². The number of methoxy groups -OCH3 is 2. The highest BCUT2D eigenvalue weighted by molar-refractivity contribution is 5.87. The van der Waals surface area contributed by atoms with Gasteiger partial charge < -0.3 is 24.2 Å². The molecule has 1 aromatic heterocycles. The SMILES string of the molecule is COc1nc(OC)c(C(c2ccccc2)C(O)(CCN(C)C)c2cccc3ccccc23)cc1-c1ccc(OC(F)(F)F)cc1. The Kier molecular flexibility index (Phi) is 9.32. The number of alkyl halides is 3. The molecular weight excluding hydrogens is 581 g/mol. The second-order valence-corrected chi connectivity index (χ2v) is 11.1. The zero-order chi connectivity index (χ0) is 32.2. The van der Waals surface area contributed by atoms with Crippen LogP contribution in [0, 0.1) is 0 Å². The van der Waals surface area contributed by atoms with Crippen molar-refractivity contribution < 1.29 is 32.5 Å². The van der Waals surface area contributed by atoms with Gasteiger partial charge in [0.05, 0.1) is 14.2 Å². The second kappa shape index (κ2) is 13.2. The highest BCUT2D eigenvalue weighted by Crippen LogP contribution is 2.50. The normalized spacial score (nSPS) is 13.8. The third-order valence-corrected chi connectivity index (χ3v) is 7.88. The maximum absolute atomic E-state index is 13.2. The Morgan fingerprint density at radius 1 is 0.800 bits per heavy atom. The van der Waals surface area contributed by atoms with Gasteiger partial charge in [0.15, 0.2) is 0 Å². The quantitative estimate of drug-likeness (QED) is 0.164. The summed E-state index contributed by atoms with van der Waals surface area (Å²) >= 11 is 0. The van der Waals surface area contributed by atoms with Gasteiger partial charge in [0.1, 0.15) is 11.4 Å². The van der Waals surface area contributed by atoms with Crippen LogP contribution < -0.4 is 14.2 Å². The highest BCUT2D eigenvalue weighted by atomic mass is 19.4. The molecule has 0 aliphatic heterocycles. The van der Waals surface area contributed by atoms with Crippen molar-refractivity contribution in [3.05, 3.63) is 120 Å². The van der Waals surface area contributed by atoms with Crippen LogP contribution in [0.5, 0.6) is 17.5 Å². The summed E-state index contributed by atoms with van der Waals surface area (Å²) in [7, 11) is 6.89. The van der Waals surface area contributed by atoms with Gasteiger partial charge in [-0.3, -0.25) is 0 Å². The largest absolute Gasteiger partial charge is 0.573 e. The van der Waals surface area contributed by atoms with E-state index in [0.717, 1.165) is 21.9 Å². The zero-order valence-electron chi connectivity index (χ0n) is 25.5. The number of nitrogens with zero attached hydrogens (tertiary/aromatic N) is 2. The molecule has 1 N–H and O–H groups in total. The molecule has 0 saturated heterocycles. The van der Waals surface area contributed by atoms with Crippen molar-refractivity contribution in [1.82, 2.24) is 9.88 Å². The molecular formula is C36H35F3N2O4. The van der Waals surface area contributed by atoms with Gasteiger partial charge in [0.2, 0.25) is 11.8 Å². The van der Waals surface area contributed by atoms with Gasteiger partial charge in [0.25, 0.3) is 0 Å². The third-order valence-electron chi connectivity index (χ3n) is 7.88. The Bertz CT molecular complexity index is 1740. The number of rotatable bonds is 11. The molecule has 0 radical (unpaired) electrons. The molecule has 5 aromatic rings. The van der Waals surface area contributed by atoms with E-state index >= 15 is 0 Å². The minimum absolute atomic E-state index is 0.217. The lowest BCUT2D eigenvalue weighted by atomic mass is 9.70. The van der Waals surface area contributed by atoms with Gasteiger partial charge in [-0.05, 0) is 66.2 Å². The smallest absolute Gasteiger partial charge is 0.481 e. The molecule has 4 aromatic carbocycles. The fraction of sp³-hybridized carbons (Fsp3) is 0.250. The molecule has 9 heteroatoms. The lowest BCUT2D eigenvalue weighted by molar-refractivity contribution is -0.274. The molecule has 0 spiro atoms. The molecule has 45 heavy (non-hydrogen) atoms. The van der Waals surface area contributed by atoms with Crippen molar-refractivity contribution >= 4 is 10.8 Å². The molecule has 0 saturated carbocycles. The number of fused-ring (bicyclic) bond motifs is 1. The number of hydrogen-bond donors (Lipinski definition) is 1. The van der Waals surface area contributed by atoms with Crippen molar-refractivity contribution in [2.24, 2.45) is 0 Å². The zero-order valence-corrected chi connectivity index (χ0v) is 25.5. The summed E-state index contributed by atoms with van der Waals surface area (Å²) < 4.78 is 54.1. The molecule has 0 aliphatic rings. The number of aliphatic hydroxyl groups is 1. The number of ether oxygens (including phenoxy) is 3. The first kappa shape index (κ1) is 31.8. The van der Waals surface area contributed by atoms with Crippen LogP contribution in [0.4, 0.5) is 13.2 Å². The molecule has 2 unspecified atom stereocenters. The molecule has 1 heterocycles. The molecule has 5 rings (SSSR count). The summed E-state index contributed by atoms with van der Waals surface area (Å²) in [5.41, 5.74) is 1.77. The highest BCUT2D eigenvalue weighted by Gasteiger charge is 2.43. The molecule has 234 valence electrons. The maximum atomic E-state index is 13.2. The van der Waals surface area contributed by atoms with Crippen LogP contribution in [0.1, 0.15) is 29.0 Å². The molecule has 0 amide bonds. The van der Waals surface area contributed by atoms with Gasteiger partial charge in [0, 0.05) is 23.6 Å². The van der Waals surface area contributed by atoms with Gasteiger partial charge in [-0.15, -0.1) is 13.2 Å². The first-order valence-electron chi connectivity index (χ1n) is 14.4. The summed E-state index contributed by atoms with van der Waals surface area (Å²) in [4.78, 5) is 6.73. The van der Waals surface area contributed by atoms with Crippen LogP contribution in [0.3, 0.4) is 0 Å². The van der Waals surface area contributed by atoms with E-state index in [1.54, 1.807) is 0 Å². The Labute approximate surface area is 260 Å². The number of benzene rings is 4. The Hall–Kier alpha value is -4.60. The Balaban J connectivity index is 1.78. The summed E-state index contributed by atoms with van der Waals surface area (Å²) in [5, 5.41) is 15.1. The molecule has 6 nitrogen and oxygen atoms in total. The topological polar surface area (TPSA) is 64.0 Å². The van der Waals surface area contributed by atoms with E-state index in [1.807, 2.05) is 97.9 Å². The van der Waals surface area contributed by atoms with Crippen LogP contribution in [0.15, 0.2) is 103 Å². The van der Waals surface area contributed by atoms with Crippen LogP contribution in [0.2, 0.25) is 0 Å². The van der Waals surface area contributed by atoms with Crippen molar-refractivity contribution in [3.63, 3.8) is 0 Å². The number of aromatic nitrogens is 1. The first-order valence-corrected chi connectivity index (χ1v) is 14.4. The summed E-state index contributed by atoms with van der Waals surface area (Å²) in [6.07, 6.45) is -4.45. The summed E-state index contributed by atoms with van der Waals surface area (Å²) in [5.74, 6) is -0.550. The third kappa shape index (κ3) is 6.90. The minimum atomic E-state index is -4.81. The molecule has 0 bridgehead atoms. The van der Waals surface area contributed by atoms with Crippen LogP contribution in [0.25, 0.3) is 21.9 Å². The second-order valence-electron chi connectivity index (χ2n) is 11.1. The van der Waals surface area contributed by atoms with E-state index in [4.69, 9.17) is 14.5 Å². The lowest BCUT2D eigenvalue weighted by Gasteiger charge is -2.39. The van der Waals surface area contributed by atoms with Crippen molar-refractivity contribution in [1.29, 1.82) is 0 Å². The molecule has 0 fully saturated rings. The van der Waals surface area contributed by atoms with Gasteiger partial charge in [-0.25, -0.2) is 0 Å². The maximum Gasteiger partial charge on any atom is 0.573 e. The lowest BCUT2D eigenvalue weighted by Crippen LogP contribution is -2.38. The fourth-order valence-electron chi connectivity index (χ4n) is 5.85. The Morgan fingerprint density at radius 3 is 2.09 bits per heavy atom. The van der Waals surface area contributed by atoms with Gasteiger partial charge in [-0.1, -0.05) is 84.9 Å². The van der Waals surface area contributed by atoms with Crippen LogP contribution in [-0.4, -0.2) is 56.2 Å². The predicted octanol–water partition coefficient (Wildman–Crippen LogP) is 7.79. The first-order chi connectivity index (χ1) is 21.5. The average Bonchev–Trinajstić information content (AvgIpc) is 3.03.